The number of nitrogens with one attached hydrogen (secondary N) is 1. The van der Waals surface area contributed by atoms with E-state index in [9.17, 15) is 13.2 Å². The summed E-state index contributed by atoms with van der Waals surface area (Å²) in [6.07, 6.45) is 0. The number of sulfonamides is 1. The second kappa shape index (κ2) is 10.2. The first kappa shape index (κ1) is 22.4. The summed E-state index contributed by atoms with van der Waals surface area (Å²) in [5.74, 6) is -0.128. The Morgan fingerprint density at radius 1 is 1.06 bits per heavy atom. The number of hydrogen-bond donors (Lipinski definition) is 1. The number of anilines is 1. The summed E-state index contributed by atoms with van der Waals surface area (Å²) in [7, 11) is -3.57. The van der Waals surface area contributed by atoms with Crippen molar-refractivity contribution >= 4 is 33.4 Å². The summed E-state index contributed by atoms with van der Waals surface area (Å²) in [4.78, 5) is 12.5. The normalized spacial score (nSPS) is 14.9. The van der Waals surface area contributed by atoms with Gasteiger partial charge in [0.05, 0.1) is 30.4 Å². The lowest BCUT2D eigenvalue weighted by Gasteiger charge is -2.26. The van der Waals surface area contributed by atoms with Crippen LogP contribution in [0.15, 0.2) is 64.6 Å². The lowest BCUT2D eigenvalue weighted by atomic mass is 10.2. The number of amides is 1. The Kier molecular flexibility index (Phi) is 7.15. The quantitative estimate of drug-likeness (QED) is 0.488. The minimum Gasteiger partial charge on any atom is -0.379 e. The maximum absolute atomic E-state index is 12.7. The first-order valence-electron chi connectivity index (χ1n) is 9.93. The molecule has 2 heterocycles. The predicted octanol–water partition coefficient (Wildman–Crippen LogP) is 1.47. The highest BCUT2D eigenvalue weighted by molar-refractivity contribution is 7.99. The highest BCUT2D eigenvalue weighted by atomic mass is 32.2. The van der Waals surface area contributed by atoms with Crippen molar-refractivity contribution in [2.24, 2.45) is 0 Å². The Balaban J connectivity index is 1.32. The Morgan fingerprint density at radius 2 is 1.78 bits per heavy atom. The summed E-state index contributed by atoms with van der Waals surface area (Å²) >= 11 is 1.23. The van der Waals surface area contributed by atoms with Crippen molar-refractivity contribution in [2.45, 2.75) is 16.6 Å². The smallest absolute Gasteiger partial charge is 0.243 e. The van der Waals surface area contributed by atoms with E-state index >= 15 is 0 Å². The Bertz CT molecular complexity index is 1150. The molecule has 3 aromatic rings. The highest BCUT2D eigenvalue weighted by Gasteiger charge is 2.26. The lowest BCUT2D eigenvalue weighted by Crippen LogP contribution is -2.40. The fourth-order valence-corrected chi connectivity index (χ4v) is 5.21. The average Bonchev–Trinajstić information content (AvgIpc) is 3.26. The molecule has 168 valence electrons. The first-order chi connectivity index (χ1) is 15.5. The van der Waals surface area contributed by atoms with Crippen LogP contribution in [0.1, 0.15) is 5.56 Å². The van der Waals surface area contributed by atoms with E-state index in [1.807, 2.05) is 30.3 Å². The van der Waals surface area contributed by atoms with E-state index in [4.69, 9.17) is 4.74 Å². The van der Waals surface area contributed by atoms with Gasteiger partial charge in [-0.25, -0.2) is 13.1 Å². The molecule has 0 saturated carbocycles. The number of ether oxygens (including phenoxy) is 1. The third-order valence-corrected chi connectivity index (χ3v) is 7.62. The van der Waals surface area contributed by atoms with Crippen molar-refractivity contribution in [1.29, 1.82) is 0 Å². The van der Waals surface area contributed by atoms with Gasteiger partial charge in [0.1, 0.15) is 0 Å². The number of benzene rings is 2. The summed E-state index contributed by atoms with van der Waals surface area (Å²) in [5, 5.41) is 15.0. The van der Waals surface area contributed by atoms with Gasteiger partial charge < -0.3 is 10.1 Å². The second-order valence-electron chi connectivity index (χ2n) is 6.98. The number of carbonyl (C=O) groups excluding carboxylic acids is 1. The standard InChI is InChI=1S/C20H22N6O4S2/c27-19(15-31-20-22-23-24-26(20)14-16-4-2-1-3-5-16)21-17-6-8-18(9-7-17)32(28,29)25-10-12-30-13-11-25/h1-9H,10-15H2,(H,21,27). The van der Waals surface area contributed by atoms with Crippen LogP contribution in [0, 0.1) is 0 Å². The van der Waals surface area contributed by atoms with E-state index in [2.05, 4.69) is 20.8 Å². The van der Waals surface area contributed by atoms with Crippen molar-refractivity contribution in [3.63, 3.8) is 0 Å². The molecule has 2 aromatic carbocycles. The summed E-state index contributed by atoms with van der Waals surface area (Å²) in [5.41, 5.74) is 1.57. The van der Waals surface area contributed by atoms with Crippen LogP contribution < -0.4 is 5.32 Å². The van der Waals surface area contributed by atoms with Gasteiger partial charge in [-0.05, 0) is 40.3 Å². The molecule has 32 heavy (non-hydrogen) atoms. The molecule has 1 amide bonds. The van der Waals surface area contributed by atoms with Crippen molar-refractivity contribution in [3.8, 4) is 0 Å². The average molecular weight is 475 g/mol. The van der Waals surface area contributed by atoms with Crippen LogP contribution in [-0.2, 0) is 26.1 Å². The molecule has 1 aliphatic rings. The van der Waals surface area contributed by atoms with Gasteiger partial charge in [-0.15, -0.1) is 5.10 Å². The molecule has 0 spiro atoms. The summed E-state index contributed by atoms with van der Waals surface area (Å²) in [6, 6.07) is 15.9. The number of carbonyl (C=O) groups is 1. The molecule has 0 aliphatic carbocycles. The molecule has 1 aromatic heterocycles. The van der Waals surface area contributed by atoms with Crippen LogP contribution in [0.4, 0.5) is 5.69 Å². The third kappa shape index (κ3) is 5.51. The van der Waals surface area contributed by atoms with Crippen molar-refractivity contribution in [2.75, 3.05) is 37.4 Å². The minimum absolute atomic E-state index is 0.114. The largest absolute Gasteiger partial charge is 0.379 e. The van der Waals surface area contributed by atoms with Crippen LogP contribution in [-0.4, -0.2) is 70.9 Å². The number of aromatic nitrogens is 4. The van der Waals surface area contributed by atoms with Gasteiger partial charge in [0.15, 0.2) is 0 Å². The van der Waals surface area contributed by atoms with Crippen LogP contribution in [0.3, 0.4) is 0 Å². The molecule has 1 aliphatic heterocycles. The van der Waals surface area contributed by atoms with Crippen LogP contribution in [0.5, 0.6) is 0 Å². The maximum Gasteiger partial charge on any atom is 0.243 e. The summed E-state index contributed by atoms with van der Waals surface area (Å²) < 4.78 is 33.6. The molecule has 0 radical (unpaired) electrons. The zero-order chi connectivity index (χ0) is 22.4. The van der Waals surface area contributed by atoms with E-state index in [1.54, 1.807) is 16.8 Å². The lowest BCUT2D eigenvalue weighted by molar-refractivity contribution is -0.113. The zero-order valence-electron chi connectivity index (χ0n) is 17.1. The van der Waals surface area contributed by atoms with Gasteiger partial charge in [-0.1, -0.05) is 42.1 Å². The van der Waals surface area contributed by atoms with Crippen LogP contribution >= 0.6 is 11.8 Å². The molecule has 0 unspecified atom stereocenters. The second-order valence-corrected chi connectivity index (χ2v) is 9.86. The van der Waals surface area contributed by atoms with Crippen LogP contribution in [0.25, 0.3) is 0 Å². The molecule has 1 fully saturated rings. The number of hydrogen-bond acceptors (Lipinski definition) is 8. The molecule has 1 N–H and O–H groups in total. The van der Waals surface area contributed by atoms with E-state index in [1.165, 1.54) is 28.2 Å². The van der Waals surface area contributed by atoms with Gasteiger partial charge in [0, 0.05) is 18.8 Å². The molecule has 0 bridgehead atoms. The SMILES string of the molecule is O=C(CSc1nnnn1Cc1ccccc1)Nc1ccc(S(=O)(=O)N2CCOCC2)cc1. The third-order valence-electron chi connectivity index (χ3n) is 4.75. The Labute approximate surface area is 190 Å². The van der Waals surface area contributed by atoms with Gasteiger partial charge in [0.25, 0.3) is 0 Å². The minimum atomic E-state index is -3.57. The molecule has 12 heteroatoms. The van der Waals surface area contributed by atoms with Crippen molar-refractivity contribution in [1.82, 2.24) is 24.5 Å². The number of tetrazole rings is 1. The van der Waals surface area contributed by atoms with Gasteiger partial charge in [0.2, 0.25) is 21.1 Å². The molecular weight excluding hydrogens is 452 g/mol. The van der Waals surface area contributed by atoms with Gasteiger partial charge in [-0.2, -0.15) is 4.31 Å². The van der Waals surface area contributed by atoms with Crippen molar-refractivity contribution < 1.29 is 17.9 Å². The number of thioether (sulfide) groups is 1. The zero-order valence-corrected chi connectivity index (χ0v) is 18.8. The Morgan fingerprint density at radius 3 is 2.50 bits per heavy atom. The molecule has 10 nitrogen and oxygen atoms in total. The Hall–Kier alpha value is -2.80. The maximum atomic E-state index is 12.7. The molecule has 1 saturated heterocycles. The van der Waals surface area contributed by atoms with E-state index in [-0.39, 0.29) is 16.6 Å². The van der Waals surface area contributed by atoms with E-state index < -0.39 is 10.0 Å². The molecule has 4 rings (SSSR count). The first-order valence-corrected chi connectivity index (χ1v) is 12.4. The number of nitrogens with zero attached hydrogens (tertiary/aromatic N) is 5. The topological polar surface area (TPSA) is 119 Å². The predicted molar refractivity (Wildman–Crippen MR) is 119 cm³/mol. The van der Waals surface area contributed by atoms with E-state index in [0.717, 1.165) is 5.56 Å². The summed E-state index contributed by atoms with van der Waals surface area (Å²) in [6.45, 7) is 1.96. The van der Waals surface area contributed by atoms with Crippen LogP contribution in [0.2, 0.25) is 0 Å². The monoisotopic (exact) mass is 474 g/mol. The highest BCUT2D eigenvalue weighted by Crippen LogP contribution is 2.20. The van der Waals surface area contributed by atoms with Crippen molar-refractivity contribution in [3.05, 3.63) is 60.2 Å². The molecular formula is C20H22N6O4S2. The fraction of sp³-hybridized carbons (Fsp3) is 0.300. The number of morpholine rings is 1. The molecule has 0 atom stereocenters. The van der Waals surface area contributed by atoms with Gasteiger partial charge in [-0.3, -0.25) is 4.79 Å². The van der Waals surface area contributed by atoms with E-state index in [0.29, 0.717) is 43.7 Å². The number of rotatable bonds is 8. The fourth-order valence-electron chi connectivity index (χ4n) is 3.13. The van der Waals surface area contributed by atoms with Gasteiger partial charge >= 0.3 is 0 Å².